The molecule has 5 heteroatoms. The molecule has 4 nitrogen and oxygen atoms in total. The van der Waals surface area contributed by atoms with Crippen LogP contribution in [0.25, 0.3) is 0 Å². The van der Waals surface area contributed by atoms with Gasteiger partial charge in [0.15, 0.2) is 0 Å². The Morgan fingerprint density at radius 2 is 1.42 bits per heavy atom. The minimum absolute atomic E-state index is 0.133. The lowest BCUT2D eigenvalue weighted by atomic mass is 9.90. The minimum Gasteiger partial charge on any atom is -0.366 e. The van der Waals surface area contributed by atoms with Crippen molar-refractivity contribution in [2.75, 3.05) is 10.6 Å². The number of nitrogens with zero attached hydrogens (tertiary/aromatic N) is 1. The first-order chi connectivity index (χ1) is 15.2. The summed E-state index contributed by atoms with van der Waals surface area (Å²) < 4.78 is 13.7. The van der Waals surface area contributed by atoms with Crippen LogP contribution in [0.1, 0.15) is 22.6 Å². The molecule has 0 fully saturated rings. The number of carbonyl (C=O) groups is 1. The lowest BCUT2D eigenvalue weighted by Gasteiger charge is -2.18. The maximum absolute atomic E-state index is 13.7. The number of carbonyl (C=O) groups excluding carboxylic acids is 1. The van der Waals surface area contributed by atoms with Gasteiger partial charge in [0.05, 0.1) is 17.8 Å². The molecule has 0 radical (unpaired) electrons. The van der Waals surface area contributed by atoms with Gasteiger partial charge in [-0.3, -0.25) is 4.79 Å². The maximum atomic E-state index is 13.7. The van der Waals surface area contributed by atoms with Gasteiger partial charge < -0.3 is 10.6 Å². The van der Waals surface area contributed by atoms with Gasteiger partial charge in [0, 0.05) is 12.1 Å². The van der Waals surface area contributed by atoms with E-state index in [-0.39, 0.29) is 11.7 Å². The van der Waals surface area contributed by atoms with Gasteiger partial charge in [0.1, 0.15) is 11.6 Å². The Hall–Kier alpha value is -3.99. The van der Waals surface area contributed by atoms with Crippen LogP contribution < -0.4 is 10.6 Å². The van der Waals surface area contributed by atoms with Gasteiger partial charge >= 0.3 is 0 Å². The van der Waals surface area contributed by atoms with E-state index in [4.69, 9.17) is 0 Å². The molecule has 154 valence electrons. The molecule has 0 aliphatic rings. The van der Waals surface area contributed by atoms with E-state index in [9.17, 15) is 9.18 Å². The van der Waals surface area contributed by atoms with Gasteiger partial charge in [-0.1, -0.05) is 78.9 Å². The predicted octanol–water partition coefficient (Wildman–Crippen LogP) is 5.60. The number of hydrogen-bond acceptors (Lipinski definition) is 3. The quantitative estimate of drug-likeness (QED) is 0.416. The second-order valence-corrected chi connectivity index (χ2v) is 7.12. The molecule has 4 rings (SSSR count). The zero-order valence-corrected chi connectivity index (χ0v) is 16.8. The predicted molar refractivity (Wildman–Crippen MR) is 121 cm³/mol. The Balaban J connectivity index is 1.46. The summed E-state index contributed by atoms with van der Waals surface area (Å²) in [6.45, 7) is 0.329. The number of rotatable bonds is 7. The van der Waals surface area contributed by atoms with Crippen LogP contribution in [-0.4, -0.2) is 10.9 Å². The molecule has 0 spiro atoms. The molecular weight excluding hydrogens is 389 g/mol. The van der Waals surface area contributed by atoms with E-state index in [2.05, 4.69) is 15.6 Å². The number of hydrogen-bond donors (Lipinski definition) is 2. The van der Waals surface area contributed by atoms with Gasteiger partial charge in [0.25, 0.3) is 0 Å². The Morgan fingerprint density at radius 1 is 0.806 bits per heavy atom. The minimum atomic E-state index is -0.429. The first-order valence-electron chi connectivity index (χ1n) is 10.0. The molecule has 4 aromatic rings. The number of benzene rings is 3. The average molecular weight is 411 g/mol. The molecule has 0 unspecified atom stereocenters. The first kappa shape index (κ1) is 20.3. The molecule has 2 N–H and O–H groups in total. The van der Waals surface area contributed by atoms with Gasteiger partial charge in [-0.05, 0) is 29.3 Å². The molecular formula is C26H22FN3O. The number of nitrogens with one attached hydrogen (secondary N) is 2. The molecule has 0 aliphatic heterocycles. The molecule has 0 atom stereocenters. The van der Waals surface area contributed by atoms with Crippen molar-refractivity contribution in [3.05, 3.63) is 126 Å². The first-order valence-corrected chi connectivity index (χ1v) is 10.0. The Bertz CT molecular complexity index is 1090. The summed E-state index contributed by atoms with van der Waals surface area (Å²) in [5.74, 6) is -0.219. The van der Waals surface area contributed by atoms with Crippen LogP contribution in [-0.2, 0) is 11.3 Å². The van der Waals surface area contributed by atoms with E-state index in [0.717, 1.165) is 11.1 Å². The second kappa shape index (κ2) is 9.67. The van der Waals surface area contributed by atoms with Crippen molar-refractivity contribution in [1.29, 1.82) is 0 Å². The molecule has 0 aliphatic carbocycles. The zero-order valence-electron chi connectivity index (χ0n) is 16.8. The highest BCUT2D eigenvalue weighted by Gasteiger charge is 2.22. The number of aromatic nitrogens is 1. The molecule has 0 bridgehead atoms. The third kappa shape index (κ3) is 5.14. The van der Waals surface area contributed by atoms with Gasteiger partial charge in [-0.15, -0.1) is 0 Å². The topological polar surface area (TPSA) is 54.0 Å². The van der Waals surface area contributed by atoms with Crippen molar-refractivity contribution in [1.82, 2.24) is 4.98 Å². The second-order valence-electron chi connectivity index (χ2n) is 7.12. The maximum Gasteiger partial charge on any atom is 0.236 e. The molecule has 1 amide bonds. The summed E-state index contributed by atoms with van der Waals surface area (Å²) >= 11 is 0. The van der Waals surface area contributed by atoms with Crippen LogP contribution in [0.2, 0.25) is 0 Å². The van der Waals surface area contributed by atoms with Crippen molar-refractivity contribution in [3.8, 4) is 0 Å². The molecule has 3 aromatic carbocycles. The zero-order chi connectivity index (χ0) is 21.5. The Kier molecular flexibility index (Phi) is 6.33. The molecule has 0 saturated carbocycles. The van der Waals surface area contributed by atoms with Gasteiger partial charge in [-0.25, -0.2) is 9.37 Å². The van der Waals surface area contributed by atoms with Crippen molar-refractivity contribution in [2.45, 2.75) is 12.5 Å². The number of amides is 1. The van der Waals surface area contributed by atoms with Crippen molar-refractivity contribution in [3.63, 3.8) is 0 Å². The summed E-state index contributed by atoms with van der Waals surface area (Å²) in [5.41, 5.74) is 3.00. The Labute approximate surface area is 180 Å². The number of halogens is 1. The van der Waals surface area contributed by atoms with Crippen LogP contribution in [0.4, 0.5) is 15.9 Å². The van der Waals surface area contributed by atoms with Gasteiger partial charge in [0.2, 0.25) is 5.91 Å². The average Bonchev–Trinajstić information content (AvgIpc) is 2.81. The van der Waals surface area contributed by atoms with E-state index in [0.29, 0.717) is 23.6 Å². The molecule has 1 aromatic heterocycles. The third-order valence-corrected chi connectivity index (χ3v) is 4.98. The van der Waals surface area contributed by atoms with Crippen molar-refractivity contribution >= 4 is 17.4 Å². The third-order valence-electron chi connectivity index (χ3n) is 4.98. The van der Waals surface area contributed by atoms with Crippen LogP contribution in [0, 0.1) is 5.82 Å². The molecule has 1 heterocycles. The molecule has 31 heavy (non-hydrogen) atoms. The fourth-order valence-corrected chi connectivity index (χ4v) is 3.40. The largest absolute Gasteiger partial charge is 0.366 e. The van der Waals surface area contributed by atoms with E-state index >= 15 is 0 Å². The normalized spacial score (nSPS) is 10.6. The smallest absolute Gasteiger partial charge is 0.236 e. The van der Waals surface area contributed by atoms with E-state index < -0.39 is 5.92 Å². The highest BCUT2D eigenvalue weighted by Crippen LogP contribution is 2.26. The van der Waals surface area contributed by atoms with E-state index in [1.54, 1.807) is 36.5 Å². The fourth-order valence-electron chi connectivity index (χ4n) is 3.40. The molecule has 0 saturated heterocycles. The van der Waals surface area contributed by atoms with E-state index in [1.165, 1.54) is 6.07 Å². The van der Waals surface area contributed by atoms with Crippen molar-refractivity contribution in [2.24, 2.45) is 0 Å². The fraction of sp³-hybridized carbons (Fsp3) is 0.0769. The Morgan fingerprint density at radius 3 is 2.00 bits per heavy atom. The van der Waals surface area contributed by atoms with Crippen LogP contribution in [0.3, 0.4) is 0 Å². The number of anilines is 2. The van der Waals surface area contributed by atoms with E-state index in [1.807, 2.05) is 60.7 Å². The lowest BCUT2D eigenvalue weighted by Crippen LogP contribution is -2.22. The lowest BCUT2D eigenvalue weighted by molar-refractivity contribution is -0.116. The SMILES string of the molecule is O=C(Nc1ccc(NCc2ccccc2F)nc1)C(c1ccccc1)c1ccccc1. The van der Waals surface area contributed by atoms with Crippen molar-refractivity contribution < 1.29 is 9.18 Å². The van der Waals surface area contributed by atoms with Crippen LogP contribution in [0.15, 0.2) is 103 Å². The monoisotopic (exact) mass is 411 g/mol. The summed E-state index contributed by atoms with van der Waals surface area (Å²) in [6, 6.07) is 29.5. The summed E-state index contributed by atoms with van der Waals surface area (Å²) in [6.07, 6.45) is 1.59. The summed E-state index contributed by atoms with van der Waals surface area (Å²) in [7, 11) is 0. The van der Waals surface area contributed by atoms with Crippen LogP contribution in [0.5, 0.6) is 0 Å². The van der Waals surface area contributed by atoms with Gasteiger partial charge in [-0.2, -0.15) is 0 Å². The van der Waals surface area contributed by atoms with Crippen LogP contribution >= 0.6 is 0 Å². The number of pyridine rings is 1. The summed E-state index contributed by atoms with van der Waals surface area (Å²) in [5, 5.41) is 6.05. The standard InChI is InChI=1S/C26H22FN3O/c27-23-14-8-7-13-21(23)17-28-24-16-15-22(18-29-24)30-26(31)25(19-9-3-1-4-10-19)20-11-5-2-6-12-20/h1-16,18,25H,17H2,(H,28,29)(H,30,31). The highest BCUT2D eigenvalue weighted by molar-refractivity contribution is 5.98. The highest BCUT2D eigenvalue weighted by atomic mass is 19.1. The summed E-state index contributed by atoms with van der Waals surface area (Å²) in [4.78, 5) is 17.5.